The van der Waals surface area contributed by atoms with E-state index in [0.29, 0.717) is 0 Å². The Labute approximate surface area is 117 Å². The normalized spacial score (nSPS) is 10.0. The monoisotopic (exact) mass is 291 g/mol. The summed E-state index contributed by atoms with van der Waals surface area (Å²) in [6.45, 7) is 0. The van der Waals surface area contributed by atoms with E-state index in [9.17, 15) is 19.3 Å². The van der Waals surface area contributed by atoms with Gasteiger partial charge in [0, 0.05) is 11.6 Å². The van der Waals surface area contributed by atoms with Gasteiger partial charge in [-0.15, -0.1) is 0 Å². The summed E-state index contributed by atoms with van der Waals surface area (Å²) in [5.41, 5.74) is 2.04. The Hall–Kier alpha value is -3.07. The Morgan fingerprint density at radius 2 is 2.10 bits per heavy atom. The van der Waals surface area contributed by atoms with Gasteiger partial charge >= 0.3 is 0 Å². The predicted octanol–water partition coefficient (Wildman–Crippen LogP) is 1.67. The van der Waals surface area contributed by atoms with Crippen LogP contribution in [0.2, 0.25) is 0 Å². The van der Waals surface area contributed by atoms with E-state index in [0.717, 1.165) is 18.3 Å². The number of nitro benzene ring substituents is 1. The molecule has 0 saturated carbocycles. The lowest BCUT2D eigenvalue weighted by Crippen LogP contribution is -2.15. The van der Waals surface area contributed by atoms with Crippen LogP contribution in [0.15, 0.2) is 36.5 Å². The zero-order valence-corrected chi connectivity index (χ0v) is 10.5. The fourth-order valence-corrected chi connectivity index (χ4v) is 1.59. The standard InChI is InChI=1S/C12H10FN5O3/c13-8-2-4-11(15-6-8)16-12(19)7-1-3-10(18(20)21)9(5-7)17-14/h1-6,17H,14H2,(H,15,16,19). The first-order chi connectivity index (χ1) is 10.0. The highest BCUT2D eigenvalue weighted by atomic mass is 19.1. The third-order valence-electron chi connectivity index (χ3n) is 2.58. The second-order valence-electron chi connectivity index (χ2n) is 3.95. The average Bonchev–Trinajstić information content (AvgIpc) is 2.48. The first-order valence-corrected chi connectivity index (χ1v) is 5.69. The maximum atomic E-state index is 12.7. The van der Waals surface area contributed by atoms with Crippen molar-refractivity contribution in [2.24, 2.45) is 5.84 Å². The molecular formula is C12H10FN5O3. The zero-order valence-electron chi connectivity index (χ0n) is 10.5. The smallest absolute Gasteiger partial charge is 0.293 e. The molecule has 21 heavy (non-hydrogen) atoms. The number of carbonyl (C=O) groups is 1. The Bertz CT molecular complexity index is 690. The van der Waals surface area contributed by atoms with Crippen LogP contribution in [0.3, 0.4) is 0 Å². The molecule has 0 fully saturated rings. The van der Waals surface area contributed by atoms with Gasteiger partial charge in [-0.05, 0) is 24.3 Å². The van der Waals surface area contributed by atoms with E-state index >= 15 is 0 Å². The van der Waals surface area contributed by atoms with E-state index in [-0.39, 0.29) is 22.8 Å². The number of hydrogen-bond donors (Lipinski definition) is 3. The molecule has 1 aromatic heterocycles. The Morgan fingerprint density at radius 1 is 1.33 bits per heavy atom. The molecule has 9 heteroatoms. The maximum Gasteiger partial charge on any atom is 0.293 e. The van der Waals surface area contributed by atoms with E-state index in [1.54, 1.807) is 0 Å². The van der Waals surface area contributed by atoms with Crippen LogP contribution < -0.4 is 16.6 Å². The molecule has 0 atom stereocenters. The minimum absolute atomic E-state index is 0.000264. The Balaban J connectivity index is 2.23. The number of nitrogen functional groups attached to an aromatic ring is 1. The van der Waals surface area contributed by atoms with E-state index in [1.807, 2.05) is 0 Å². The number of nitrogens with zero attached hydrogens (tertiary/aromatic N) is 2. The van der Waals surface area contributed by atoms with Gasteiger partial charge in [-0.1, -0.05) is 0 Å². The van der Waals surface area contributed by atoms with Gasteiger partial charge in [0.05, 0.1) is 11.1 Å². The number of amides is 1. The van der Waals surface area contributed by atoms with Gasteiger partial charge in [-0.3, -0.25) is 20.8 Å². The number of halogens is 1. The van der Waals surface area contributed by atoms with E-state index in [2.05, 4.69) is 15.7 Å². The summed E-state index contributed by atoms with van der Waals surface area (Å²) >= 11 is 0. The first-order valence-electron chi connectivity index (χ1n) is 5.69. The van der Waals surface area contributed by atoms with Crippen LogP contribution in [0.4, 0.5) is 21.6 Å². The highest BCUT2D eigenvalue weighted by Gasteiger charge is 2.16. The van der Waals surface area contributed by atoms with Crippen LogP contribution in [0.25, 0.3) is 0 Å². The lowest BCUT2D eigenvalue weighted by Gasteiger charge is -2.06. The van der Waals surface area contributed by atoms with Crippen LogP contribution in [-0.4, -0.2) is 15.8 Å². The second kappa shape index (κ2) is 5.92. The summed E-state index contributed by atoms with van der Waals surface area (Å²) in [4.78, 5) is 25.8. The molecule has 0 aliphatic heterocycles. The van der Waals surface area contributed by atoms with Gasteiger partial charge in [0.2, 0.25) is 0 Å². The summed E-state index contributed by atoms with van der Waals surface area (Å²) < 4.78 is 12.7. The van der Waals surface area contributed by atoms with Crippen molar-refractivity contribution in [1.82, 2.24) is 4.98 Å². The van der Waals surface area contributed by atoms with Crippen molar-refractivity contribution in [3.63, 3.8) is 0 Å². The fourth-order valence-electron chi connectivity index (χ4n) is 1.59. The quantitative estimate of drug-likeness (QED) is 0.447. The summed E-state index contributed by atoms with van der Waals surface area (Å²) in [5, 5.41) is 13.2. The maximum absolute atomic E-state index is 12.7. The molecule has 108 valence electrons. The van der Waals surface area contributed by atoms with Crippen LogP contribution >= 0.6 is 0 Å². The van der Waals surface area contributed by atoms with E-state index in [1.165, 1.54) is 18.2 Å². The average molecular weight is 291 g/mol. The predicted molar refractivity (Wildman–Crippen MR) is 73.1 cm³/mol. The molecule has 0 spiro atoms. The first kappa shape index (κ1) is 14.3. The number of anilines is 2. The summed E-state index contributed by atoms with van der Waals surface area (Å²) in [7, 11) is 0. The highest BCUT2D eigenvalue weighted by Crippen LogP contribution is 2.24. The van der Waals surface area contributed by atoms with E-state index < -0.39 is 16.6 Å². The van der Waals surface area contributed by atoms with Crippen molar-refractivity contribution in [3.8, 4) is 0 Å². The molecule has 0 aliphatic rings. The van der Waals surface area contributed by atoms with Gasteiger partial charge in [-0.25, -0.2) is 9.37 Å². The van der Waals surface area contributed by atoms with Gasteiger partial charge in [0.1, 0.15) is 17.3 Å². The molecule has 1 aromatic carbocycles. The highest BCUT2D eigenvalue weighted by molar-refractivity contribution is 6.04. The van der Waals surface area contributed by atoms with Crippen LogP contribution in [0.5, 0.6) is 0 Å². The lowest BCUT2D eigenvalue weighted by atomic mass is 10.1. The molecule has 8 nitrogen and oxygen atoms in total. The number of hydrazine groups is 1. The number of benzene rings is 1. The molecule has 0 unspecified atom stereocenters. The number of aromatic nitrogens is 1. The Kier molecular flexibility index (Phi) is 4.05. The number of nitrogens with one attached hydrogen (secondary N) is 2. The molecule has 1 amide bonds. The van der Waals surface area contributed by atoms with Crippen molar-refractivity contribution in [2.75, 3.05) is 10.7 Å². The number of hydrogen-bond acceptors (Lipinski definition) is 6. The van der Waals surface area contributed by atoms with Crippen molar-refractivity contribution >= 4 is 23.1 Å². The summed E-state index contributed by atoms with van der Waals surface area (Å²) in [5.74, 6) is 4.26. The topological polar surface area (TPSA) is 123 Å². The van der Waals surface area contributed by atoms with Gasteiger partial charge in [-0.2, -0.15) is 0 Å². The van der Waals surface area contributed by atoms with Gasteiger partial charge in [0.15, 0.2) is 0 Å². The molecule has 4 N–H and O–H groups in total. The zero-order chi connectivity index (χ0) is 15.4. The van der Waals surface area contributed by atoms with Gasteiger partial charge in [0.25, 0.3) is 11.6 Å². The Morgan fingerprint density at radius 3 is 2.67 bits per heavy atom. The minimum atomic E-state index is -0.627. The van der Waals surface area contributed by atoms with Crippen LogP contribution in [-0.2, 0) is 0 Å². The molecule has 2 rings (SSSR count). The fraction of sp³-hybridized carbons (Fsp3) is 0. The van der Waals surface area contributed by atoms with Crippen molar-refractivity contribution in [2.45, 2.75) is 0 Å². The van der Waals surface area contributed by atoms with Crippen LogP contribution in [0, 0.1) is 15.9 Å². The molecule has 2 aromatic rings. The number of nitrogens with two attached hydrogens (primary N) is 1. The lowest BCUT2D eigenvalue weighted by molar-refractivity contribution is -0.384. The van der Waals surface area contributed by atoms with Crippen molar-refractivity contribution < 1.29 is 14.1 Å². The summed E-state index contributed by atoms with van der Waals surface area (Å²) in [6, 6.07) is 6.10. The molecule has 1 heterocycles. The largest absolute Gasteiger partial charge is 0.318 e. The minimum Gasteiger partial charge on any atom is -0.318 e. The van der Waals surface area contributed by atoms with Crippen LogP contribution in [0.1, 0.15) is 10.4 Å². The molecule has 0 bridgehead atoms. The number of pyridine rings is 1. The van der Waals surface area contributed by atoms with Crippen molar-refractivity contribution in [1.29, 1.82) is 0 Å². The number of carbonyl (C=O) groups excluding carboxylic acids is 1. The third-order valence-corrected chi connectivity index (χ3v) is 2.58. The molecule has 0 radical (unpaired) electrons. The third kappa shape index (κ3) is 3.28. The molecular weight excluding hydrogens is 281 g/mol. The summed E-state index contributed by atoms with van der Waals surface area (Å²) in [6.07, 6.45) is 0.957. The molecule has 0 saturated heterocycles. The van der Waals surface area contributed by atoms with Crippen molar-refractivity contribution in [3.05, 3.63) is 58.0 Å². The number of nitro groups is 1. The van der Waals surface area contributed by atoms with Gasteiger partial charge < -0.3 is 10.7 Å². The SMILES string of the molecule is NNc1cc(C(=O)Nc2ccc(F)cn2)ccc1[N+](=O)[O-]. The molecule has 0 aliphatic carbocycles. The van der Waals surface area contributed by atoms with E-state index in [4.69, 9.17) is 5.84 Å². The second-order valence-corrected chi connectivity index (χ2v) is 3.95. The number of rotatable bonds is 4.